The van der Waals surface area contributed by atoms with Gasteiger partial charge in [-0.2, -0.15) is 0 Å². The van der Waals surface area contributed by atoms with Gasteiger partial charge in [-0.15, -0.1) is 0 Å². The molecule has 6 heteroatoms. The van der Waals surface area contributed by atoms with Gasteiger partial charge in [0.05, 0.1) is 6.04 Å². The number of urea groups is 1. The molecular formula is C20H27N3O3. The molecule has 0 radical (unpaired) electrons. The average Bonchev–Trinajstić information content (AvgIpc) is 2.86. The van der Waals surface area contributed by atoms with Crippen LogP contribution in [-0.4, -0.2) is 34.8 Å². The number of hydrogen-bond acceptors (Lipinski definition) is 3. The topological polar surface area (TPSA) is 78.5 Å². The molecule has 3 rings (SSSR count). The first-order valence-electron chi connectivity index (χ1n) is 9.47. The van der Waals surface area contributed by atoms with Crippen LogP contribution in [0.2, 0.25) is 0 Å². The maximum absolute atomic E-state index is 12.7. The zero-order chi connectivity index (χ0) is 18.7. The molecule has 0 aromatic heterocycles. The highest BCUT2D eigenvalue weighted by Crippen LogP contribution is 2.33. The van der Waals surface area contributed by atoms with E-state index in [1.165, 1.54) is 5.56 Å². The van der Waals surface area contributed by atoms with Crippen LogP contribution in [0.5, 0.6) is 0 Å². The molecule has 1 unspecified atom stereocenters. The van der Waals surface area contributed by atoms with Crippen molar-refractivity contribution in [2.45, 2.75) is 64.0 Å². The number of nitrogens with zero attached hydrogens (tertiary/aromatic N) is 1. The predicted octanol–water partition coefficient (Wildman–Crippen LogP) is 2.68. The van der Waals surface area contributed by atoms with Gasteiger partial charge >= 0.3 is 6.03 Å². The summed E-state index contributed by atoms with van der Waals surface area (Å²) < 4.78 is 0. The lowest BCUT2D eigenvalue weighted by atomic mass is 9.82. The molecular weight excluding hydrogens is 330 g/mol. The summed E-state index contributed by atoms with van der Waals surface area (Å²) in [6, 6.07) is 7.44. The van der Waals surface area contributed by atoms with Gasteiger partial charge in [0.1, 0.15) is 12.1 Å². The number of imide groups is 1. The summed E-state index contributed by atoms with van der Waals surface area (Å²) in [6.07, 6.45) is 5.23. The van der Waals surface area contributed by atoms with Crippen molar-refractivity contribution in [3.63, 3.8) is 0 Å². The van der Waals surface area contributed by atoms with Crippen LogP contribution in [0.25, 0.3) is 0 Å². The standard InChI is InChI=1S/C20H27N3O3/c1-3-15-7-9-16(10-8-15)14(2)21-17(24)13-23-18(25)20(22-19(23)26)11-5-4-6-12-20/h7-10,14H,3-6,11-13H2,1-2H3,(H,21,24)(H,22,26). The van der Waals surface area contributed by atoms with E-state index >= 15 is 0 Å². The van der Waals surface area contributed by atoms with Crippen molar-refractivity contribution >= 4 is 17.8 Å². The molecule has 1 aliphatic heterocycles. The highest BCUT2D eigenvalue weighted by molar-refractivity contribution is 6.09. The molecule has 4 amide bonds. The van der Waals surface area contributed by atoms with E-state index in [9.17, 15) is 14.4 Å². The molecule has 1 saturated heterocycles. The minimum atomic E-state index is -0.781. The second-order valence-corrected chi connectivity index (χ2v) is 7.35. The van der Waals surface area contributed by atoms with Gasteiger partial charge in [-0.3, -0.25) is 14.5 Å². The molecule has 2 N–H and O–H groups in total. The summed E-state index contributed by atoms with van der Waals surface area (Å²) in [4.78, 5) is 38.4. The second-order valence-electron chi connectivity index (χ2n) is 7.35. The summed E-state index contributed by atoms with van der Waals surface area (Å²) in [6.45, 7) is 3.76. The molecule has 1 aliphatic carbocycles. The van der Waals surface area contributed by atoms with Crippen molar-refractivity contribution in [1.29, 1.82) is 0 Å². The van der Waals surface area contributed by atoms with Gasteiger partial charge in [0.15, 0.2) is 0 Å². The fourth-order valence-electron chi connectivity index (χ4n) is 3.87. The maximum Gasteiger partial charge on any atom is 0.325 e. The van der Waals surface area contributed by atoms with E-state index in [0.717, 1.165) is 36.1 Å². The first kappa shape index (κ1) is 18.4. The third-order valence-corrected chi connectivity index (χ3v) is 5.52. The quantitative estimate of drug-likeness (QED) is 0.795. The van der Waals surface area contributed by atoms with Crippen molar-refractivity contribution in [2.75, 3.05) is 6.54 Å². The summed E-state index contributed by atoms with van der Waals surface area (Å²) in [5.74, 6) is -0.578. The number of benzene rings is 1. The summed E-state index contributed by atoms with van der Waals surface area (Å²) in [7, 11) is 0. The zero-order valence-corrected chi connectivity index (χ0v) is 15.5. The van der Waals surface area contributed by atoms with Crippen LogP contribution in [0.15, 0.2) is 24.3 Å². The number of aryl methyl sites for hydroxylation is 1. The Morgan fingerprint density at radius 2 is 1.85 bits per heavy atom. The van der Waals surface area contributed by atoms with E-state index in [1.807, 2.05) is 31.2 Å². The van der Waals surface area contributed by atoms with Crippen molar-refractivity contribution in [3.8, 4) is 0 Å². The minimum absolute atomic E-state index is 0.183. The molecule has 0 bridgehead atoms. The van der Waals surface area contributed by atoms with Crippen LogP contribution < -0.4 is 10.6 Å². The number of nitrogens with one attached hydrogen (secondary N) is 2. The van der Waals surface area contributed by atoms with Crippen LogP contribution in [0, 0.1) is 0 Å². The maximum atomic E-state index is 12.7. The Labute approximate surface area is 154 Å². The number of carbonyl (C=O) groups is 3. The van der Waals surface area contributed by atoms with Crippen LogP contribution in [0.3, 0.4) is 0 Å². The lowest BCUT2D eigenvalue weighted by Crippen LogP contribution is -2.49. The molecule has 140 valence electrons. The molecule has 1 heterocycles. The summed E-state index contributed by atoms with van der Waals surface area (Å²) in [5.41, 5.74) is 1.46. The highest BCUT2D eigenvalue weighted by Gasteiger charge is 2.51. The lowest BCUT2D eigenvalue weighted by molar-refractivity contribution is -0.136. The molecule has 1 aromatic carbocycles. The van der Waals surface area contributed by atoms with Crippen molar-refractivity contribution in [1.82, 2.24) is 15.5 Å². The zero-order valence-electron chi connectivity index (χ0n) is 15.5. The predicted molar refractivity (Wildman–Crippen MR) is 98.4 cm³/mol. The Morgan fingerprint density at radius 3 is 2.46 bits per heavy atom. The third-order valence-electron chi connectivity index (χ3n) is 5.52. The van der Waals surface area contributed by atoms with Crippen LogP contribution in [-0.2, 0) is 16.0 Å². The van der Waals surface area contributed by atoms with Gasteiger partial charge in [0.25, 0.3) is 5.91 Å². The van der Waals surface area contributed by atoms with E-state index in [0.29, 0.717) is 12.8 Å². The fourth-order valence-corrected chi connectivity index (χ4v) is 3.87. The molecule has 1 aromatic rings. The van der Waals surface area contributed by atoms with Crippen LogP contribution >= 0.6 is 0 Å². The van der Waals surface area contributed by atoms with Gasteiger partial charge in [0.2, 0.25) is 5.91 Å². The van der Waals surface area contributed by atoms with Crippen LogP contribution in [0.4, 0.5) is 4.79 Å². The van der Waals surface area contributed by atoms with Crippen LogP contribution in [0.1, 0.15) is 63.1 Å². The Hall–Kier alpha value is -2.37. The molecule has 26 heavy (non-hydrogen) atoms. The molecule has 2 fully saturated rings. The summed E-state index contributed by atoms with van der Waals surface area (Å²) >= 11 is 0. The molecule has 1 atom stereocenters. The smallest absolute Gasteiger partial charge is 0.325 e. The van der Waals surface area contributed by atoms with E-state index < -0.39 is 11.6 Å². The summed E-state index contributed by atoms with van der Waals surface area (Å²) in [5, 5.41) is 5.71. The van der Waals surface area contributed by atoms with Gasteiger partial charge in [0, 0.05) is 0 Å². The van der Waals surface area contributed by atoms with Gasteiger partial charge in [-0.25, -0.2) is 4.79 Å². The largest absolute Gasteiger partial charge is 0.348 e. The Bertz CT molecular complexity index is 693. The van der Waals surface area contributed by atoms with Gasteiger partial charge in [-0.05, 0) is 37.3 Å². The Balaban J connectivity index is 1.60. The van der Waals surface area contributed by atoms with Gasteiger partial charge < -0.3 is 10.6 Å². The fraction of sp³-hybridized carbons (Fsp3) is 0.550. The first-order chi connectivity index (χ1) is 12.4. The highest BCUT2D eigenvalue weighted by atomic mass is 16.2. The number of hydrogen-bond donors (Lipinski definition) is 2. The lowest BCUT2D eigenvalue weighted by Gasteiger charge is -2.30. The van der Waals surface area contributed by atoms with E-state index in [-0.39, 0.29) is 24.4 Å². The van der Waals surface area contributed by atoms with Crippen molar-refractivity contribution in [2.24, 2.45) is 0 Å². The normalized spacial score (nSPS) is 20.2. The minimum Gasteiger partial charge on any atom is -0.348 e. The third kappa shape index (κ3) is 3.59. The Kier molecular flexibility index (Phi) is 5.30. The van der Waals surface area contributed by atoms with E-state index in [1.54, 1.807) is 0 Å². The number of carbonyl (C=O) groups excluding carboxylic acids is 3. The molecule has 1 saturated carbocycles. The van der Waals surface area contributed by atoms with Crippen molar-refractivity contribution < 1.29 is 14.4 Å². The number of rotatable bonds is 5. The molecule has 2 aliphatic rings. The first-order valence-corrected chi connectivity index (χ1v) is 9.47. The van der Waals surface area contributed by atoms with E-state index in [2.05, 4.69) is 17.6 Å². The second kappa shape index (κ2) is 7.48. The number of amides is 4. The SMILES string of the molecule is CCc1ccc(C(C)NC(=O)CN2C(=O)NC3(CCCCC3)C2=O)cc1. The average molecular weight is 357 g/mol. The van der Waals surface area contributed by atoms with Crippen molar-refractivity contribution in [3.05, 3.63) is 35.4 Å². The van der Waals surface area contributed by atoms with Gasteiger partial charge in [-0.1, -0.05) is 50.5 Å². The Morgan fingerprint density at radius 1 is 1.19 bits per heavy atom. The monoisotopic (exact) mass is 357 g/mol. The van der Waals surface area contributed by atoms with E-state index in [4.69, 9.17) is 0 Å². The molecule has 1 spiro atoms. The molecule has 6 nitrogen and oxygen atoms in total.